The van der Waals surface area contributed by atoms with Crippen LogP contribution >= 0.6 is 12.4 Å². The van der Waals surface area contributed by atoms with Crippen LogP contribution in [0, 0.1) is 5.92 Å². The Kier molecular flexibility index (Phi) is 6.15. The van der Waals surface area contributed by atoms with Gasteiger partial charge in [-0.3, -0.25) is 14.2 Å². The molecule has 1 saturated carbocycles. The number of carbonyl (C=O) groups is 1. The zero-order valence-electron chi connectivity index (χ0n) is 15.8. The lowest BCUT2D eigenvalue weighted by Gasteiger charge is -2.14. The van der Waals surface area contributed by atoms with E-state index in [1.54, 1.807) is 17.3 Å². The molecule has 1 amide bonds. The Hall–Kier alpha value is -2.55. The summed E-state index contributed by atoms with van der Waals surface area (Å²) in [4.78, 5) is 31.3. The van der Waals surface area contributed by atoms with Gasteiger partial charge in [0.2, 0.25) is 5.88 Å². The van der Waals surface area contributed by atoms with E-state index in [9.17, 15) is 14.7 Å². The molecule has 27 heavy (non-hydrogen) atoms. The van der Waals surface area contributed by atoms with E-state index in [1.807, 2.05) is 27.9 Å². The van der Waals surface area contributed by atoms with E-state index in [-0.39, 0.29) is 29.9 Å². The van der Waals surface area contributed by atoms with Crippen molar-refractivity contribution >= 4 is 36.1 Å². The van der Waals surface area contributed by atoms with Gasteiger partial charge in [-0.1, -0.05) is 13.8 Å². The fourth-order valence-corrected chi connectivity index (χ4v) is 2.61. The van der Waals surface area contributed by atoms with Gasteiger partial charge >= 0.3 is 0 Å². The number of halogens is 1. The second kappa shape index (κ2) is 7.99. The van der Waals surface area contributed by atoms with E-state index >= 15 is 0 Å². The first-order valence-electron chi connectivity index (χ1n) is 8.65. The molecule has 0 bridgehead atoms. The summed E-state index contributed by atoms with van der Waals surface area (Å²) in [6.07, 6.45) is 3.35. The van der Waals surface area contributed by atoms with Crippen LogP contribution in [0.25, 0.3) is 5.65 Å². The molecule has 2 N–H and O–H groups in total. The quantitative estimate of drug-likeness (QED) is 0.567. The van der Waals surface area contributed by atoms with Gasteiger partial charge in [0.05, 0.1) is 6.34 Å². The van der Waals surface area contributed by atoms with E-state index < -0.39 is 17.3 Å². The standard InChI is InChI=1S/C17H24N6O3.ClH/c1-10(2)8-22-13-7-12(18-9-21(3)4)20-23(13)17(26)14(16(22)25)15(24)19-11-5-6-11;/h7,9-11,26H,5-6,8H2,1-4H3,(H,19,24);1H. The van der Waals surface area contributed by atoms with E-state index in [4.69, 9.17) is 0 Å². The van der Waals surface area contributed by atoms with Crippen LogP contribution < -0.4 is 10.9 Å². The van der Waals surface area contributed by atoms with Gasteiger partial charge < -0.3 is 15.3 Å². The molecular weight excluding hydrogens is 372 g/mol. The maximum absolute atomic E-state index is 12.9. The minimum absolute atomic E-state index is 0. The molecule has 1 aliphatic rings. The molecule has 0 aromatic carbocycles. The maximum Gasteiger partial charge on any atom is 0.270 e. The largest absolute Gasteiger partial charge is 0.492 e. The SMILES string of the molecule is CC(C)Cn1c(=O)c(C(=O)NC2CC2)c(O)n2nc(N=CN(C)C)cc12.Cl. The summed E-state index contributed by atoms with van der Waals surface area (Å²) >= 11 is 0. The summed E-state index contributed by atoms with van der Waals surface area (Å²) in [5.41, 5.74) is -0.406. The highest BCUT2D eigenvalue weighted by Crippen LogP contribution is 2.23. The predicted molar refractivity (Wildman–Crippen MR) is 106 cm³/mol. The number of aromatic hydroxyl groups is 1. The number of amides is 1. The minimum Gasteiger partial charge on any atom is -0.492 e. The van der Waals surface area contributed by atoms with Crippen molar-refractivity contribution in [2.75, 3.05) is 14.1 Å². The van der Waals surface area contributed by atoms with Crippen LogP contribution in [0.2, 0.25) is 0 Å². The first-order valence-corrected chi connectivity index (χ1v) is 8.65. The number of fused-ring (bicyclic) bond motifs is 1. The number of rotatable bonds is 6. The van der Waals surface area contributed by atoms with Gasteiger partial charge in [0.25, 0.3) is 11.5 Å². The molecule has 0 unspecified atom stereocenters. The lowest BCUT2D eigenvalue weighted by Crippen LogP contribution is -2.36. The van der Waals surface area contributed by atoms with Gasteiger partial charge in [-0.2, -0.15) is 4.52 Å². The lowest BCUT2D eigenvalue weighted by molar-refractivity contribution is 0.0944. The maximum atomic E-state index is 12.9. The topological polar surface area (TPSA) is 104 Å². The second-order valence-corrected chi connectivity index (χ2v) is 7.24. The third-order valence-electron chi connectivity index (χ3n) is 3.95. The average Bonchev–Trinajstić information content (AvgIpc) is 3.25. The van der Waals surface area contributed by atoms with Crippen LogP contribution in [0.1, 0.15) is 37.0 Å². The van der Waals surface area contributed by atoms with Gasteiger partial charge in [0.15, 0.2) is 11.4 Å². The fraction of sp³-hybridized carbons (Fsp3) is 0.529. The van der Waals surface area contributed by atoms with Crippen LogP contribution in [0.3, 0.4) is 0 Å². The zero-order chi connectivity index (χ0) is 19.0. The molecule has 0 atom stereocenters. The molecule has 9 nitrogen and oxygen atoms in total. The highest BCUT2D eigenvalue weighted by Gasteiger charge is 2.29. The summed E-state index contributed by atoms with van der Waals surface area (Å²) in [7, 11) is 3.65. The van der Waals surface area contributed by atoms with Crippen LogP contribution in [0.15, 0.2) is 15.9 Å². The third kappa shape index (κ3) is 4.41. The molecule has 148 valence electrons. The molecule has 0 saturated heterocycles. The van der Waals surface area contributed by atoms with E-state index in [2.05, 4.69) is 15.4 Å². The summed E-state index contributed by atoms with van der Waals surface area (Å²) in [6.45, 7) is 4.34. The Morgan fingerprint density at radius 3 is 2.70 bits per heavy atom. The molecule has 0 radical (unpaired) electrons. The number of hydrogen-bond donors (Lipinski definition) is 2. The monoisotopic (exact) mass is 396 g/mol. The Morgan fingerprint density at radius 2 is 2.15 bits per heavy atom. The smallest absolute Gasteiger partial charge is 0.270 e. The van der Waals surface area contributed by atoms with Crippen LogP contribution in [0.4, 0.5) is 5.82 Å². The normalized spacial score (nSPS) is 14.0. The fourth-order valence-electron chi connectivity index (χ4n) is 2.61. The zero-order valence-corrected chi connectivity index (χ0v) is 16.7. The Balaban J connectivity index is 0.00000261. The first-order chi connectivity index (χ1) is 12.3. The van der Waals surface area contributed by atoms with E-state index in [0.29, 0.717) is 18.0 Å². The molecular formula is C17H25ClN6O3. The van der Waals surface area contributed by atoms with Gasteiger partial charge in [-0.25, -0.2) is 4.99 Å². The number of aliphatic imine (C=N–C) groups is 1. The Morgan fingerprint density at radius 1 is 1.48 bits per heavy atom. The van der Waals surface area contributed by atoms with Gasteiger partial charge in [-0.15, -0.1) is 17.5 Å². The number of nitrogens with zero attached hydrogens (tertiary/aromatic N) is 5. The van der Waals surface area contributed by atoms with Gasteiger partial charge in [-0.05, 0) is 18.8 Å². The first kappa shape index (κ1) is 20.8. The van der Waals surface area contributed by atoms with E-state index in [0.717, 1.165) is 12.8 Å². The number of nitrogens with one attached hydrogen (secondary N) is 1. The highest BCUT2D eigenvalue weighted by molar-refractivity contribution is 5.96. The highest BCUT2D eigenvalue weighted by atomic mass is 35.5. The summed E-state index contributed by atoms with van der Waals surface area (Å²) in [6, 6.07) is 1.69. The van der Waals surface area contributed by atoms with Gasteiger partial charge in [0.1, 0.15) is 5.65 Å². The summed E-state index contributed by atoms with van der Waals surface area (Å²) < 4.78 is 2.67. The van der Waals surface area contributed by atoms with Crippen molar-refractivity contribution in [3.8, 4) is 5.88 Å². The molecule has 1 aliphatic carbocycles. The van der Waals surface area contributed by atoms with Crippen molar-refractivity contribution in [3.05, 3.63) is 22.0 Å². The average molecular weight is 397 g/mol. The minimum atomic E-state index is -0.566. The Labute approximate surface area is 163 Å². The molecule has 10 heteroatoms. The Bertz CT molecular complexity index is 927. The van der Waals surface area contributed by atoms with Crippen molar-refractivity contribution < 1.29 is 9.90 Å². The van der Waals surface area contributed by atoms with Crippen molar-refractivity contribution in [2.45, 2.75) is 39.3 Å². The van der Waals surface area contributed by atoms with Gasteiger partial charge in [0, 0.05) is 32.7 Å². The lowest BCUT2D eigenvalue weighted by atomic mass is 10.2. The molecule has 2 heterocycles. The summed E-state index contributed by atoms with van der Waals surface area (Å²) in [5.74, 6) is -0.521. The second-order valence-electron chi connectivity index (χ2n) is 7.24. The van der Waals surface area contributed by atoms with Crippen LogP contribution in [0.5, 0.6) is 5.88 Å². The predicted octanol–water partition coefficient (Wildman–Crippen LogP) is 1.39. The van der Waals surface area contributed by atoms with Crippen LogP contribution in [-0.4, -0.2) is 56.6 Å². The van der Waals surface area contributed by atoms with Crippen molar-refractivity contribution in [3.63, 3.8) is 0 Å². The summed E-state index contributed by atoms with van der Waals surface area (Å²) in [5, 5.41) is 17.5. The van der Waals surface area contributed by atoms with Crippen molar-refractivity contribution in [2.24, 2.45) is 10.9 Å². The third-order valence-corrected chi connectivity index (χ3v) is 3.95. The molecule has 0 aliphatic heterocycles. The molecule has 0 spiro atoms. The number of carbonyl (C=O) groups excluding carboxylic acids is 1. The number of hydrogen-bond acceptors (Lipinski definition) is 5. The molecule has 3 rings (SSSR count). The molecule has 2 aromatic rings. The number of aromatic nitrogens is 3. The van der Waals surface area contributed by atoms with E-state index in [1.165, 1.54) is 9.08 Å². The van der Waals surface area contributed by atoms with Crippen LogP contribution in [-0.2, 0) is 6.54 Å². The van der Waals surface area contributed by atoms with Crippen molar-refractivity contribution in [1.82, 2.24) is 24.4 Å². The molecule has 1 fully saturated rings. The van der Waals surface area contributed by atoms with Crippen molar-refractivity contribution in [1.29, 1.82) is 0 Å². The molecule has 2 aromatic heterocycles.